The predicted molar refractivity (Wildman–Crippen MR) is 257 cm³/mol. The fourth-order valence-corrected chi connectivity index (χ4v) is 9.42. The van der Waals surface area contributed by atoms with Crippen LogP contribution in [0.2, 0.25) is 0 Å². The Kier molecular flexibility index (Phi) is 14.1. The SMILES string of the molecule is CCn1c2ccc(CNCCOC=CC(=O)NCCOc3ccc(CCc4nc5cc(-c6c(C)noc6C)ccc5n4CCN4CCOCC4)cc3F)cc2c2ccc(-c3cscn3)cc21. The zero-order chi connectivity index (χ0) is 45.4. The number of aryl methyl sites for hydroxylation is 5. The zero-order valence-corrected chi connectivity index (χ0v) is 38.5. The Balaban J connectivity index is 0.710. The number of fused-ring (bicyclic) bond motifs is 4. The lowest BCUT2D eigenvalue weighted by atomic mass is 10.0. The highest BCUT2D eigenvalue weighted by atomic mass is 32.1. The number of carbonyl (C=O) groups excluding carboxylic acids is 1. The molecule has 1 saturated heterocycles. The predicted octanol–water partition coefficient (Wildman–Crippen LogP) is 8.63. The Hall–Kier alpha value is -6.39. The van der Waals surface area contributed by atoms with Gasteiger partial charge in [-0.05, 0) is 86.3 Å². The molecule has 0 aliphatic carbocycles. The maximum Gasteiger partial charge on any atom is 0.247 e. The molecule has 66 heavy (non-hydrogen) atoms. The third-order valence-electron chi connectivity index (χ3n) is 12.2. The van der Waals surface area contributed by atoms with Gasteiger partial charge in [-0.2, -0.15) is 0 Å². The van der Waals surface area contributed by atoms with Crippen LogP contribution in [0.5, 0.6) is 5.75 Å². The normalized spacial score (nSPS) is 13.5. The van der Waals surface area contributed by atoms with Gasteiger partial charge in [0, 0.05) is 96.6 Å². The number of benzene rings is 4. The van der Waals surface area contributed by atoms with E-state index in [4.69, 9.17) is 23.7 Å². The number of rotatable bonds is 20. The van der Waals surface area contributed by atoms with Gasteiger partial charge in [0.15, 0.2) is 11.6 Å². The van der Waals surface area contributed by atoms with E-state index in [-0.39, 0.29) is 24.8 Å². The van der Waals surface area contributed by atoms with Crippen molar-refractivity contribution in [1.82, 2.24) is 39.8 Å². The standard InChI is InChI=1S/C51H55FN8O5S/c1-4-59-45-11-5-37(27-41(45)40-10-8-38(30-47(40)59)44-32-66-33-55-44)31-53-16-23-62-22-15-50(61)54-17-24-64-48-13-6-36(28-42(48)52)7-14-49-56-43-29-39(51-34(2)57-65-35(51)3)9-12-46(43)60(49)19-18-58-20-25-63-26-21-58/h5-6,8-13,15,22,27-30,32-33,53H,4,7,14,16-21,23-26,31H2,1-3H3,(H,54,61). The van der Waals surface area contributed by atoms with Crippen molar-refractivity contribution in [2.45, 2.75) is 53.2 Å². The minimum Gasteiger partial charge on any atom is -0.500 e. The highest BCUT2D eigenvalue weighted by Gasteiger charge is 2.19. The van der Waals surface area contributed by atoms with Gasteiger partial charge in [0.1, 0.15) is 18.2 Å². The summed E-state index contributed by atoms with van der Waals surface area (Å²) in [7, 11) is 0. The molecule has 0 saturated carbocycles. The summed E-state index contributed by atoms with van der Waals surface area (Å²) >= 11 is 1.60. The fourth-order valence-electron chi connectivity index (χ4n) is 8.86. The van der Waals surface area contributed by atoms with Gasteiger partial charge in [0.25, 0.3) is 0 Å². The van der Waals surface area contributed by atoms with Gasteiger partial charge in [0.2, 0.25) is 5.91 Å². The highest BCUT2D eigenvalue weighted by molar-refractivity contribution is 7.07. The Morgan fingerprint density at radius 2 is 1.73 bits per heavy atom. The number of imidazole rings is 1. The molecule has 1 aliphatic rings. The second-order valence-corrected chi connectivity index (χ2v) is 17.2. The maximum atomic E-state index is 15.3. The third kappa shape index (κ3) is 10.2. The number of ether oxygens (including phenoxy) is 3. The zero-order valence-electron chi connectivity index (χ0n) is 37.6. The summed E-state index contributed by atoms with van der Waals surface area (Å²) < 4.78 is 42.2. The second kappa shape index (κ2) is 20.8. The van der Waals surface area contributed by atoms with Gasteiger partial charge in [-0.25, -0.2) is 14.4 Å². The molecule has 1 fully saturated rings. The number of amides is 1. The topological polar surface area (TPSA) is 134 Å². The van der Waals surface area contributed by atoms with E-state index in [9.17, 15) is 4.79 Å². The molecule has 9 rings (SSSR count). The van der Waals surface area contributed by atoms with Crippen LogP contribution in [0.15, 0.2) is 101 Å². The molecule has 8 aromatic rings. The van der Waals surface area contributed by atoms with Crippen LogP contribution in [-0.2, 0) is 46.7 Å². The lowest BCUT2D eigenvalue weighted by molar-refractivity contribution is -0.116. The van der Waals surface area contributed by atoms with Gasteiger partial charge in [0.05, 0.1) is 60.6 Å². The van der Waals surface area contributed by atoms with Crippen molar-refractivity contribution in [2.24, 2.45) is 0 Å². The summed E-state index contributed by atoms with van der Waals surface area (Å²) in [5.41, 5.74) is 13.3. The van der Waals surface area contributed by atoms with Crippen LogP contribution in [0.1, 0.15) is 35.3 Å². The quantitative estimate of drug-likeness (QED) is 0.0435. The van der Waals surface area contributed by atoms with E-state index in [1.807, 2.05) is 25.4 Å². The molecule has 0 unspecified atom stereocenters. The van der Waals surface area contributed by atoms with E-state index >= 15 is 4.39 Å². The van der Waals surface area contributed by atoms with Gasteiger partial charge in [-0.15, -0.1) is 11.3 Å². The number of nitrogens with one attached hydrogen (secondary N) is 2. The minimum atomic E-state index is -0.447. The molecule has 0 bridgehead atoms. The number of hydrogen-bond acceptors (Lipinski definition) is 11. The number of morpholine rings is 1. The van der Waals surface area contributed by atoms with E-state index in [0.29, 0.717) is 32.5 Å². The summed E-state index contributed by atoms with van der Waals surface area (Å²) in [6.45, 7) is 13.9. The molecular formula is C51H55FN8O5S. The first-order valence-electron chi connectivity index (χ1n) is 22.7. The summed E-state index contributed by atoms with van der Waals surface area (Å²) in [5.74, 6) is 1.09. The monoisotopic (exact) mass is 910 g/mol. The van der Waals surface area contributed by atoms with Crippen molar-refractivity contribution in [3.05, 3.63) is 130 Å². The van der Waals surface area contributed by atoms with Crippen LogP contribution < -0.4 is 15.4 Å². The van der Waals surface area contributed by atoms with Crippen molar-refractivity contribution in [3.63, 3.8) is 0 Å². The Labute approximate surface area is 387 Å². The molecule has 0 spiro atoms. The largest absolute Gasteiger partial charge is 0.500 e. The molecule has 342 valence electrons. The number of thiazole rings is 1. The molecule has 5 heterocycles. The van der Waals surface area contributed by atoms with Crippen molar-refractivity contribution in [2.75, 3.05) is 59.2 Å². The molecule has 13 nitrogen and oxygen atoms in total. The number of nitrogens with zero attached hydrogens (tertiary/aromatic N) is 6. The first-order valence-corrected chi connectivity index (χ1v) is 23.6. The van der Waals surface area contributed by atoms with Crippen molar-refractivity contribution >= 4 is 50.1 Å². The van der Waals surface area contributed by atoms with Gasteiger partial charge < -0.3 is 38.5 Å². The smallest absolute Gasteiger partial charge is 0.247 e. The van der Waals surface area contributed by atoms with Crippen molar-refractivity contribution in [3.8, 4) is 28.1 Å². The van der Waals surface area contributed by atoms with Crippen LogP contribution in [0, 0.1) is 19.7 Å². The van der Waals surface area contributed by atoms with E-state index in [0.717, 1.165) is 102 Å². The molecule has 4 aromatic heterocycles. The summed E-state index contributed by atoms with van der Waals surface area (Å²) in [6.07, 6.45) is 3.96. The first kappa shape index (κ1) is 44.8. The second-order valence-electron chi connectivity index (χ2n) is 16.5. The fraction of sp³-hybridized carbons (Fsp3) is 0.333. The maximum absolute atomic E-state index is 15.3. The van der Waals surface area contributed by atoms with Gasteiger partial charge >= 0.3 is 0 Å². The van der Waals surface area contributed by atoms with E-state index < -0.39 is 5.82 Å². The molecule has 15 heteroatoms. The molecule has 0 atom stereocenters. The van der Waals surface area contributed by atoms with Crippen LogP contribution >= 0.6 is 11.3 Å². The number of aromatic nitrogens is 5. The number of halogens is 1. The number of hydrogen-bond donors (Lipinski definition) is 2. The van der Waals surface area contributed by atoms with Gasteiger partial charge in [-0.1, -0.05) is 35.5 Å². The van der Waals surface area contributed by atoms with E-state index in [1.165, 1.54) is 45.8 Å². The van der Waals surface area contributed by atoms with E-state index in [2.05, 4.69) is 102 Å². The summed E-state index contributed by atoms with van der Waals surface area (Å²) in [5, 5.41) is 14.9. The van der Waals surface area contributed by atoms with Crippen LogP contribution in [0.4, 0.5) is 4.39 Å². The molecular weight excluding hydrogens is 856 g/mol. The first-order chi connectivity index (χ1) is 32.3. The minimum absolute atomic E-state index is 0.113. The average Bonchev–Trinajstić information content (AvgIpc) is 4.14. The lowest BCUT2D eigenvalue weighted by Crippen LogP contribution is -2.38. The molecule has 1 amide bonds. The Morgan fingerprint density at radius 1 is 0.879 bits per heavy atom. The van der Waals surface area contributed by atoms with Crippen molar-refractivity contribution < 1.29 is 27.9 Å². The third-order valence-corrected chi connectivity index (χ3v) is 12.8. The number of carbonyl (C=O) groups is 1. The molecule has 2 N–H and O–H groups in total. The van der Waals surface area contributed by atoms with Crippen molar-refractivity contribution in [1.29, 1.82) is 0 Å². The molecule has 4 aromatic carbocycles. The summed E-state index contributed by atoms with van der Waals surface area (Å²) in [4.78, 5) is 24.4. The van der Waals surface area contributed by atoms with Crippen LogP contribution in [-0.4, -0.2) is 94.2 Å². The Bertz CT molecular complexity index is 2950. The van der Waals surface area contributed by atoms with Crippen LogP contribution in [0.25, 0.3) is 55.2 Å². The lowest BCUT2D eigenvalue weighted by Gasteiger charge is -2.27. The molecule has 1 aliphatic heterocycles. The van der Waals surface area contributed by atoms with Gasteiger partial charge in [-0.3, -0.25) is 9.69 Å². The average molecular weight is 911 g/mol. The summed E-state index contributed by atoms with van der Waals surface area (Å²) in [6, 6.07) is 24.6. The van der Waals surface area contributed by atoms with Crippen LogP contribution in [0.3, 0.4) is 0 Å². The highest BCUT2D eigenvalue weighted by Crippen LogP contribution is 2.34. The molecule has 0 radical (unpaired) electrons. The van der Waals surface area contributed by atoms with E-state index in [1.54, 1.807) is 17.4 Å². The Morgan fingerprint density at radius 3 is 2.53 bits per heavy atom.